The number of aromatic nitrogens is 2. The molecule has 2 heterocycles. The maximum Gasteiger partial charge on any atom is 0.0596 e. The van der Waals surface area contributed by atoms with E-state index in [1.807, 2.05) is 6.92 Å². The molecule has 0 saturated carbocycles. The molecule has 0 aromatic carbocycles. The quantitative estimate of drug-likeness (QED) is 0.580. The number of hydrazine groups is 1. The second kappa shape index (κ2) is 7.03. The van der Waals surface area contributed by atoms with Crippen molar-refractivity contribution in [3.05, 3.63) is 17.5 Å². The third kappa shape index (κ3) is 4.03. The molecule has 2 unspecified atom stereocenters. The fourth-order valence-electron chi connectivity index (χ4n) is 2.79. The number of ether oxygens (including phenoxy) is 1. The number of aryl methyl sites for hydroxylation is 2. The van der Waals surface area contributed by atoms with E-state index in [0.29, 0.717) is 12.1 Å². The van der Waals surface area contributed by atoms with Gasteiger partial charge in [0.2, 0.25) is 0 Å². The summed E-state index contributed by atoms with van der Waals surface area (Å²) in [6.07, 6.45) is 5.91. The van der Waals surface area contributed by atoms with Gasteiger partial charge in [0.15, 0.2) is 0 Å². The molecule has 2 atom stereocenters. The fourth-order valence-corrected chi connectivity index (χ4v) is 2.79. The van der Waals surface area contributed by atoms with Gasteiger partial charge in [0.25, 0.3) is 0 Å². The maximum atomic E-state index is 5.68. The average molecular weight is 266 g/mol. The van der Waals surface area contributed by atoms with Crippen molar-refractivity contribution in [2.24, 2.45) is 5.84 Å². The molecule has 1 aromatic rings. The molecule has 1 aliphatic heterocycles. The summed E-state index contributed by atoms with van der Waals surface area (Å²) in [5.74, 6) is 5.68. The Labute approximate surface area is 115 Å². The second-order valence-corrected chi connectivity index (χ2v) is 5.37. The summed E-state index contributed by atoms with van der Waals surface area (Å²) in [6, 6.07) is 2.45. The van der Waals surface area contributed by atoms with Crippen LogP contribution >= 0.6 is 0 Å². The first-order chi connectivity index (χ1) is 9.22. The van der Waals surface area contributed by atoms with Gasteiger partial charge in [-0.1, -0.05) is 0 Å². The largest absolute Gasteiger partial charge is 0.378 e. The number of nitrogens with two attached hydrogens (primary N) is 1. The molecule has 1 saturated heterocycles. The summed E-state index contributed by atoms with van der Waals surface area (Å²) in [6.45, 7) is 5.99. The molecule has 19 heavy (non-hydrogen) atoms. The zero-order valence-electron chi connectivity index (χ0n) is 12.1. The zero-order chi connectivity index (χ0) is 13.7. The summed E-state index contributed by atoms with van der Waals surface area (Å²) >= 11 is 0. The highest BCUT2D eigenvalue weighted by Crippen LogP contribution is 2.19. The van der Waals surface area contributed by atoms with Crippen molar-refractivity contribution >= 4 is 0 Å². The molecule has 0 radical (unpaired) electrons. The fraction of sp³-hybridized carbons (Fsp3) is 0.786. The predicted octanol–water partition coefficient (Wildman–Crippen LogP) is 1.55. The number of hydrogen-bond donors (Lipinski definition) is 2. The Morgan fingerprint density at radius 3 is 3.11 bits per heavy atom. The first-order valence-electron chi connectivity index (χ1n) is 7.34. The summed E-state index contributed by atoms with van der Waals surface area (Å²) in [4.78, 5) is 0. The van der Waals surface area contributed by atoms with Gasteiger partial charge in [-0.05, 0) is 45.6 Å². The van der Waals surface area contributed by atoms with E-state index in [-0.39, 0.29) is 0 Å². The summed E-state index contributed by atoms with van der Waals surface area (Å²) in [5, 5.41) is 4.48. The molecule has 1 aliphatic rings. The molecule has 1 fully saturated rings. The van der Waals surface area contributed by atoms with Crippen LogP contribution in [0.1, 0.15) is 44.0 Å². The van der Waals surface area contributed by atoms with Crippen LogP contribution in [0.25, 0.3) is 0 Å². The number of hydrogen-bond acceptors (Lipinski definition) is 4. The van der Waals surface area contributed by atoms with E-state index in [0.717, 1.165) is 38.1 Å². The van der Waals surface area contributed by atoms with E-state index in [2.05, 4.69) is 28.2 Å². The Morgan fingerprint density at radius 2 is 2.47 bits per heavy atom. The average Bonchev–Trinajstić information content (AvgIpc) is 3.03. The van der Waals surface area contributed by atoms with Gasteiger partial charge in [-0.3, -0.25) is 16.0 Å². The van der Waals surface area contributed by atoms with Crippen molar-refractivity contribution in [3.8, 4) is 0 Å². The minimum Gasteiger partial charge on any atom is -0.378 e. The van der Waals surface area contributed by atoms with Crippen LogP contribution in [0.3, 0.4) is 0 Å². The molecule has 5 nitrogen and oxygen atoms in total. The smallest absolute Gasteiger partial charge is 0.0596 e. The summed E-state index contributed by atoms with van der Waals surface area (Å²) in [7, 11) is 0. The van der Waals surface area contributed by atoms with E-state index in [4.69, 9.17) is 10.6 Å². The van der Waals surface area contributed by atoms with Crippen LogP contribution < -0.4 is 11.3 Å². The molecular formula is C14H26N4O. The SMILES string of the molecule is CCn1nc(C)cc1CC(CCC1CCCO1)NN. The Morgan fingerprint density at radius 1 is 1.63 bits per heavy atom. The lowest BCUT2D eigenvalue weighted by atomic mass is 10.0. The highest BCUT2D eigenvalue weighted by atomic mass is 16.5. The van der Waals surface area contributed by atoms with Gasteiger partial charge in [-0.25, -0.2) is 0 Å². The number of nitrogens with zero attached hydrogens (tertiary/aromatic N) is 2. The zero-order valence-corrected chi connectivity index (χ0v) is 12.1. The Hall–Kier alpha value is -0.910. The third-order valence-corrected chi connectivity index (χ3v) is 3.84. The lowest BCUT2D eigenvalue weighted by Crippen LogP contribution is -2.37. The molecule has 108 valence electrons. The van der Waals surface area contributed by atoms with Crippen LogP contribution in [0.15, 0.2) is 6.07 Å². The number of nitrogens with one attached hydrogen (secondary N) is 1. The summed E-state index contributed by atoms with van der Waals surface area (Å²) in [5.41, 5.74) is 5.27. The first kappa shape index (κ1) is 14.5. The third-order valence-electron chi connectivity index (χ3n) is 3.84. The predicted molar refractivity (Wildman–Crippen MR) is 75.7 cm³/mol. The normalized spacial score (nSPS) is 20.9. The molecule has 3 N–H and O–H groups in total. The van der Waals surface area contributed by atoms with Crippen molar-refractivity contribution in [1.29, 1.82) is 0 Å². The molecule has 0 bridgehead atoms. The van der Waals surface area contributed by atoms with Crippen LogP contribution in [-0.2, 0) is 17.7 Å². The van der Waals surface area contributed by atoms with E-state index >= 15 is 0 Å². The molecule has 0 spiro atoms. The monoisotopic (exact) mass is 266 g/mol. The lowest BCUT2D eigenvalue weighted by molar-refractivity contribution is 0.0995. The van der Waals surface area contributed by atoms with Crippen molar-refractivity contribution in [2.45, 2.75) is 64.6 Å². The number of rotatable bonds is 7. The minimum atomic E-state index is 0.297. The van der Waals surface area contributed by atoms with Crippen LogP contribution in [0.4, 0.5) is 0 Å². The molecule has 5 heteroatoms. The van der Waals surface area contributed by atoms with Crippen LogP contribution in [0.5, 0.6) is 0 Å². The van der Waals surface area contributed by atoms with Crippen molar-refractivity contribution in [2.75, 3.05) is 6.61 Å². The van der Waals surface area contributed by atoms with Crippen LogP contribution in [0, 0.1) is 6.92 Å². The second-order valence-electron chi connectivity index (χ2n) is 5.37. The van der Waals surface area contributed by atoms with E-state index < -0.39 is 0 Å². The standard InChI is InChI=1S/C14H26N4O/c1-3-18-13(9-11(2)17-18)10-12(16-15)6-7-14-5-4-8-19-14/h9,12,14,16H,3-8,10,15H2,1-2H3. The molecule has 0 aliphatic carbocycles. The Bertz CT molecular complexity index is 385. The van der Waals surface area contributed by atoms with Crippen molar-refractivity contribution < 1.29 is 4.74 Å². The molecular weight excluding hydrogens is 240 g/mol. The van der Waals surface area contributed by atoms with E-state index in [9.17, 15) is 0 Å². The molecule has 0 amide bonds. The topological polar surface area (TPSA) is 65.1 Å². The van der Waals surface area contributed by atoms with Gasteiger partial charge in [-0.2, -0.15) is 5.10 Å². The minimum absolute atomic E-state index is 0.297. The Kier molecular flexibility index (Phi) is 5.36. The molecule has 1 aromatic heterocycles. The Balaban J connectivity index is 1.86. The van der Waals surface area contributed by atoms with Gasteiger partial charge in [0.1, 0.15) is 0 Å². The maximum absolute atomic E-state index is 5.68. The van der Waals surface area contributed by atoms with Crippen LogP contribution in [-0.4, -0.2) is 28.5 Å². The van der Waals surface area contributed by atoms with Gasteiger partial charge >= 0.3 is 0 Å². The van der Waals surface area contributed by atoms with Gasteiger partial charge in [0.05, 0.1) is 11.8 Å². The van der Waals surface area contributed by atoms with E-state index in [1.54, 1.807) is 0 Å². The molecule has 2 rings (SSSR count). The highest BCUT2D eigenvalue weighted by molar-refractivity contribution is 5.10. The van der Waals surface area contributed by atoms with E-state index in [1.165, 1.54) is 18.5 Å². The van der Waals surface area contributed by atoms with Gasteiger partial charge in [-0.15, -0.1) is 0 Å². The van der Waals surface area contributed by atoms with Crippen molar-refractivity contribution in [3.63, 3.8) is 0 Å². The lowest BCUT2D eigenvalue weighted by Gasteiger charge is -2.18. The van der Waals surface area contributed by atoms with Crippen LogP contribution in [0.2, 0.25) is 0 Å². The van der Waals surface area contributed by atoms with Crippen molar-refractivity contribution in [1.82, 2.24) is 15.2 Å². The van der Waals surface area contributed by atoms with Gasteiger partial charge in [0, 0.05) is 31.3 Å². The summed E-state index contributed by atoms with van der Waals surface area (Å²) < 4.78 is 7.72. The first-order valence-corrected chi connectivity index (χ1v) is 7.34. The van der Waals surface area contributed by atoms with Gasteiger partial charge < -0.3 is 4.74 Å². The highest BCUT2D eigenvalue weighted by Gasteiger charge is 2.18.